The Hall–Kier alpha value is -2.62. The van der Waals surface area contributed by atoms with Gasteiger partial charge in [0.2, 0.25) is 0 Å². The zero-order valence-corrected chi connectivity index (χ0v) is 16.8. The molecule has 1 amide bonds. The minimum Gasteiger partial charge on any atom is -0.403 e. The maximum absolute atomic E-state index is 12.2. The number of nitrogens with zero attached hydrogens (tertiary/aromatic N) is 4. The molecule has 0 unspecified atom stereocenters. The average Bonchev–Trinajstić information content (AvgIpc) is 3.36. The second-order valence-electron chi connectivity index (χ2n) is 6.08. The number of allylic oxidation sites excluding steroid dienone is 3. The Balaban J connectivity index is 1.64. The maximum Gasteiger partial charge on any atom is 0.261 e. The first kappa shape index (κ1) is 20.1. The first-order valence-electron chi connectivity index (χ1n) is 8.76. The van der Waals surface area contributed by atoms with Crippen LogP contribution in [0.25, 0.3) is 5.70 Å². The van der Waals surface area contributed by atoms with Crippen molar-refractivity contribution < 1.29 is 4.79 Å². The number of carbonyl (C=O) groups is 1. The van der Waals surface area contributed by atoms with Crippen LogP contribution in [0.5, 0.6) is 0 Å². The molecule has 0 spiro atoms. The third kappa shape index (κ3) is 5.00. The van der Waals surface area contributed by atoms with E-state index in [-0.39, 0.29) is 12.5 Å². The molecule has 0 radical (unpaired) electrons. The molecule has 1 fully saturated rings. The molecule has 3 rings (SSSR count). The highest BCUT2D eigenvalue weighted by molar-refractivity contribution is 7.17. The quantitative estimate of drug-likeness (QED) is 0.590. The van der Waals surface area contributed by atoms with Gasteiger partial charge in [-0.1, -0.05) is 23.4 Å². The number of hydrogen-bond donors (Lipinski definition) is 3. The zero-order valence-electron chi connectivity index (χ0n) is 15.3. The molecule has 8 nitrogen and oxygen atoms in total. The molecule has 3 heterocycles. The van der Waals surface area contributed by atoms with E-state index in [1.54, 1.807) is 23.0 Å². The topological polar surface area (TPSA) is 101 Å². The largest absolute Gasteiger partial charge is 0.403 e. The smallest absolute Gasteiger partial charge is 0.261 e. The van der Waals surface area contributed by atoms with Crippen molar-refractivity contribution in [2.75, 3.05) is 26.2 Å². The highest BCUT2D eigenvalue weighted by Crippen LogP contribution is 2.21. The fraction of sp³-hybridized carbons (Fsp3) is 0.278. The molecule has 28 heavy (non-hydrogen) atoms. The van der Waals surface area contributed by atoms with Crippen LogP contribution >= 0.6 is 22.9 Å². The van der Waals surface area contributed by atoms with Gasteiger partial charge in [0.15, 0.2) is 0 Å². The van der Waals surface area contributed by atoms with E-state index in [0.717, 1.165) is 31.9 Å². The van der Waals surface area contributed by atoms with Crippen LogP contribution in [-0.2, 0) is 6.54 Å². The van der Waals surface area contributed by atoms with Gasteiger partial charge in [0.05, 0.1) is 33.3 Å². The summed E-state index contributed by atoms with van der Waals surface area (Å²) in [5, 5.41) is 14.2. The lowest BCUT2D eigenvalue weighted by molar-refractivity contribution is 0.0954. The monoisotopic (exact) mass is 419 g/mol. The molecule has 0 aromatic carbocycles. The highest BCUT2D eigenvalue weighted by Gasteiger charge is 2.13. The first-order chi connectivity index (χ1) is 13.6. The predicted octanol–water partition coefficient (Wildman–Crippen LogP) is 1.66. The van der Waals surface area contributed by atoms with E-state index in [1.807, 2.05) is 12.2 Å². The van der Waals surface area contributed by atoms with Crippen LogP contribution < -0.4 is 16.4 Å². The highest BCUT2D eigenvalue weighted by atomic mass is 35.5. The van der Waals surface area contributed by atoms with Crippen LogP contribution in [0.1, 0.15) is 15.4 Å². The van der Waals surface area contributed by atoms with Gasteiger partial charge in [0.25, 0.3) is 5.91 Å². The van der Waals surface area contributed by atoms with Crippen LogP contribution in [0.3, 0.4) is 0 Å². The van der Waals surface area contributed by atoms with E-state index in [0.29, 0.717) is 20.6 Å². The van der Waals surface area contributed by atoms with E-state index in [4.69, 9.17) is 17.3 Å². The molecule has 148 valence electrons. The van der Waals surface area contributed by atoms with Crippen molar-refractivity contribution in [2.45, 2.75) is 6.54 Å². The van der Waals surface area contributed by atoms with Crippen molar-refractivity contribution >= 4 is 34.5 Å². The second-order valence-corrected chi connectivity index (χ2v) is 7.79. The van der Waals surface area contributed by atoms with Crippen LogP contribution in [0.4, 0.5) is 0 Å². The van der Waals surface area contributed by atoms with E-state index in [2.05, 4.69) is 32.4 Å². The van der Waals surface area contributed by atoms with E-state index in [1.165, 1.54) is 17.5 Å². The molecule has 2 aromatic rings. The van der Waals surface area contributed by atoms with Crippen molar-refractivity contribution in [3.8, 4) is 0 Å². The third-order valence-electron chi connectivity index (χ3n) is 4.23. The van der Waals surface area contributed by atoms with Gasteiger partial charge < -0.3 is 21.3 Å². The van der Waals surface area contributed by atoms with Gasteiger partial charge in [-0.3, -0.25) is 4.79 Å². The molecular weight excluding hydrogens is 398 g/mol. The van der Waals surface area contributed by atoms with Crippen molar-refractivity contribution in [3.05, 3.63) is 63.9 Å². The number of piperazine rings is 1. The van der Waals surface area contributed by atoms with Gasteiger partial charge in [-0.2, -0.15) is 0 Å². The number of nitrogens with one attached hydrogen (secondary N) is 2. The molecule has 1 aliphatic heterocycles. The zero-order chi connectivity index (χ0) is 19.9. The number of halogens is 1. The van der Waals surface area contributed by atoms with Gasteiger partial charge >= 0.3 is 0 Å². The lowest BCUT2D eigenvalue weighted by atomic mass is 10.2. The summed E-state index contributed by atoms with van der Waals surface area (Å²) < 4.78 is 2.16. The Morgan fingerprint density at radius 1 is 1.39 bits per heavy atom. The summed E-state index contributed by atoms with van der Waals surface area (Å²) in [6.07, 6.45) is 6.77. The summed E-state index contributed by atoms with van der Waals surface area (Å²) in [7, 11) is 0. The standard InChI is InChI=1S/C18H22ClN7OS/c1-13(25-8-6-21-7-9-25)2-3-14(10-20)26-15(12-23-24-26)11-22-18(27)16-4-5-17(19)28-16/h2-5,10,12,21H,1,6-9,11,20H2,(H,22,27)/b3-2-,14-10+. The van der Waals surface area contributed by atoms with Gasteiger partial charge in [-0.05, 0) is 24.3 Å². The molecule has 0 atom stereocenters. The maximum atomic E-state index is 12.2. The van der Waals surface area contributed by atoms with Gasteiger partial charge in [0.1, 0.15) is 0 Å². The minimum absolute atomic E-state index is 0.203. The molecule has 1 aliphatic rings. The normalized spacial score (nSPS) is 15.2. The molecule has 0 bridgehead atoms. The number of aromatic nitrogens is 3. The van der Waals surface area contributed by atoms with Crippen molar-refractivity contribution in [1.82, 2.24) is 30.5 Å². The summed E-state index contributed by atoms with van der Waals surface area (Å²) in [4.78, 5) is 15.0. The van der Waals surface area contributed by atoms with Crippen LogP contribution in [0, 0.1) is 0 Å². The number of hydrogen-bond acceptors (Lipinski definition) is 7. The summed E-state index contributed by atoms with van der Waals surface area (Å²) in [6, 6.07) is 3.38. The van der Waals surface area contributed by atoms with E-state index < -0.39 is 0 Å². The first-order valence-corrected chi connectivity index (χ1v) is 9.96. The summed E-state index contributed by atoms with van der Waals surface area (Å²) >= 11 is 7.10. The third-order valence-corrected chi connectivity index (χ3v) is 5.46. The van der Waals surface area contributed by atoms with Gasteiger partial charge in [0, 0.05) is 38.1 Å². The van der Waals surface area contributed by atoms with Crippen LogP contribution in [0.2, 0.25) is 4.34 Å². The molecule has 2 aromatic heterocycles. The molecule has 0 saturated carbocycles. The number of amides is 1. The van der Waals surface area contributed by atoms with Gasteiger partial charge in [-0.15, -0.1) is 16.4 Å². The molecule has 0 aliphatic carbocycles. The molecular formula is C18H22ClN7OS. The Labute approximate surface area is 172 Å². The lowest BCUT2D eigenvalue weighted by Crippen LogP contribution is -2.42. The second kappa shape index (κ2) is 9.54. The van der Waals surface area contributed by atoms with Crippen molar-refractivity contribution in [2.24, 2.45) is 5.73 Å². The fourth-order valence-electron chi connectivity index (χ4n) is 2.72. The molecule has 10 heteroatoms. The lowest BCUT2D eigenvalue weighted by Gasteiger charge is -2.29. The SMILES string of the molecule is C=C(/C=C\C(=C/N)n1nncc1CNC(=O)c1ccc(Cl)s1)N1CCNCC1. The summed E-state index contributed by atoms with van der Waals surface area (Å²) in [6.45, 7) is 8.08. The Kier molecular flexibility index (Phi) is 6.85. The molecule has 4 N–H and O–H groups in total. The van der Waals surface area contributed by atoms with E-state index >= 15 is 0 Å². The van der Waals surface area contributed by atoms with Crippen LogP contribution in [-0.4, -0.2) is 52.0 Å². The number of nitrogens with two attached hydrogens (primary N) is 1. The average molecular weight is 420 g/mol. The fourth-order valence-corrected chi connectivity index (χ4v) is 3.68. The Morgan fingerprint density at radius 3 is 2.86 bits per heavy atom. The summed E-state index contributed by atoms with van der Waals surface area (Å²) in [5.74, 6) is -0.203. The molecule has 1 saturated heterocycles. The van der Waals surface area contributed by atoms with Crippen molar-refractivity contribution in [3.63, 3.8) is 0 Å². The number of thiophene rings is 1. The Morgan fingerprint density at radius 2 is 2.18 bits per heavy atom. The predicted molar refractivity (Wildman–Crippen MR) is 112 cm³/mol. The van der Waals surface area contributed by atoms with Crippen molar-refractivity contribution in [1.29, 1.82) is 0 Å². The summed E-state index contributed by atoms with van der Waals surface area (Å²) in [5.41, 5.74) is 8.04. The van der Waals surface area contributed by atoms with Gasteiger partial charge in [-0.25, -0.2) is 4.68 Å². The minimum atomic E-state index is -0.203. The van der Waals surface area contributed by atoms with E-state index in [9.17, 15) is 4.79 Å². The number of rotatable bonds is 7. The van der Waals surface area contributed by atoms with Crippen LogP contribution in [0.15, 0.2) is 49.0 Å². The Bertz CT molecular complexity index is 895. The number of carbonyl (C=O) groups excluding carboxylic acids is 1.